The SMILES string of the molecule is Fc1cc(Br)ccc1Oc1ccc(CBr)cc1Cl. The van der Waals surface area contributed by atoms with Gasteiger partial charge in [0.2, 0.25) is 0 Å². The van der Waals surface area contributed by atoms with E-state index < -0.39 is 5.82 Å². The summed E-state index contributed by atoms with van der Waals surface area (Å²) in [5.74, 6) is 0.138. The van der Waals surface area contributed by atoms with E-state index in [0.717, 1.165) is 5.56 Å². The fourth-order valence-electron chi connectivity index (χ4n) is 1.39. The molecule has 0 aromatic heterocycles. The van der Waals surface area contributed by atoms with Crippen molar-refractivity contribution in [3.05, 3.63) is 57.3 Å². The van der Waals surface area contributed by atoms with Gasteiger partial charge in [0.25, 0.3) is 0 Å². The summed E-state index contributed by atoms with van der Waals surface area (Å²) in [5.41, 5.74) is 1.03. The van der Waals surface area contributed by atoms with Crippen LogP contribution in [0.15, 0.2) is 40.9 Å². The first-order chi connectivity index (χ1) is 8.60. The zero-order valence-corrected chi connectivity index (χ0v) is 13.0. The molecule has 0 radical (unpaired) electrons. The standard InChI is InChI=1S/C13H8Br2ClFO/c14-7-8-1-3-12(10(16)5-8)18-13-4-2-9(15)6-11(13)17/h1-6H,7H2. The molecule has 0 fully saturated rings. The first-order valence-electron chi connectivity index (χ1n) is 5.07. The fraction of sp³-hybridized carbons (Fsp3) is 0.0769. The van der Waals surface area contributed by atoms with Crippen LogP contribution in [0.1, 0.15) is 5.56 Å². The highest BCUT2D eigenvalue weighted by Crippen LogP contribution is 2.32. The largest absolute Gasteiger partial charge is 0.453 e. The Bertz CT molecular complexity index is 575. The first-order valence-corrected chi connectivity index (χ1v) is 7.36. The Morgan fingerprint density at radius 1 is 1.11 bits per heavy atom. The molecule has 2 aromatic rings. The van der Waals surface area contributed by atoms with Gasteiger partial charge in [-0.05, 0) is 35.9 Å². The Hall–Kier alpha value is -0.580. The van der Waals surface area contributed by atoms with E-state index in [1.165, 1.54) is 6.07 Å². The summed E-state index contributed by atoms with van der Waals surface area (Å²) in [4.78, 5) is 0. The summed E-state index contributed by atoms with van der Waals surface area (Å²) < 4.78 is 19.7. The van der Waals surface area contributed by atoms with E-state index in [0.29, 0.717) is 20.6 Å². The van der Waals surface area contributed by atoms with Crippen molar-refractivity contribution in [3.63, 3.8) is 0 Å². The van der Waals surface area contributed by atoms with E-state index in [2.05, 4.69) is 31.9 Å². The molecule has 0 amide bonds. The van der Waals surface area contributed by atoms with Crippen LogP contribution in [0.25, 0.3) is 0 Å². The van der Waals surface area contributed by atoms with Crippen molar-refractivity contribution in [1.29, 1.82) is 0 Å². The Labute approximate surface area is 126 Å². The average molecular weight is 394 g/mol. The normalized spacial score (nSPS) is 10.4. The molecule has 0 N–H and O–H groups in total. The van der Waals surface area contributed by atoms with Crippen molar-refractivity contribution in [2.45, 2.75) is 5.33 Å². The lowest BCUT2D eigenvalue weighted by Gasteiger charge is -2.09. The van der Waals surface area contributed by atoms with Crippen molar-refractivity contribution < 1.29 is 9.13 Å². The van der Waals surface area contributed by atoms with Crippen molar-refractivity contribution in [2.24, 2.45) is 0 Å². The minimum atomic E-state index is -0.440. The predicted octanol–water partition coefficient (Wildman–Crippen LogP) is 5.93. The highest BCUT2D eigenvalue weighted by Gasteiger charge is 2.08. The highest BCUT2D eigenvalue weighted by atomic mass is 79.9. The van der Waals surface area contributed by atoms with E-state index >= 15 is 0 Å². The van der Waals surface area contributed by atoms with Crippen LogP contribution in [0.2, 0.25) is 5.02 Å². The molecule has 2 aromatic carbocycles. The second-order valence-corrected chi connectivity index (χ2v) is 5.46. The van der Waals surface area contributed by atoms with Gasteiger partial charge in [-0.3, -0.25) is 0 Å². The second-order valence-electron chi connectivity index (χ2n) is 3.58. The van der Waals surface area contributed by atoms with Gasteiger partial charge in [0.1, 0.15) is 5.75 Å². The third-order valence-electron chi connectivity index (χ3n) is 2.26. The molecule has 94 valence electrons. The minimum absolute atomic E-state index is 0.145. The van der Waals surface area contributed by atoms with Gasteiger partial charge in [-0.1, -0.05) is 49.5 Å². The van der Waals surface area contributed by atoms with Crippen LogP contribution in [0.5, 0.6) is 11.5 Å². The molecular formula is C13H8Br2ClFO. The van der Waals surface area contributed by atoms with Crippen LogP contribution in [0.3, 0.4) is 0 Å². The predicted molar refractivity (Wildman–Crippen MR) is 78.3 cm³/mol. The van der Waals surface area contributed by atoms with Crippen LogP contribution < -0.4 is 4.74 Å². The number of halogens is 4. The molecule has 0 unspecified atom stereocenters. The summed E-state index contributed by atoms with van der Waals surface area (Å²) in [6, 6.07) is 9.97. The Kier molecular flexibility index (Phi) is 4.65. The van der Waals surface area contributed by atoms with Crippen molar-refractivity contribution in [3.8, 4) is 11.5 Å². The summed E-state index contributed by atoms with van der Waals surface area (Å²) >= 11 is 12.6. The van der Waals surface area contributed by atoms with Gasteiger partial charge in [0, 0.05) is 9.80 Å². The van der Waals surface area contributed by atoms with E-state index in [1.807, 2.05) is 6.07 Å². The topological polar surface area (TPSA) is 9.23 Å². The first kappa shape index (κ1) is 13.8. The zero-order chi connectivity index (χ0) is 13.1. The monoisotopic (exact) mass is 392 g/mol. The van der Waals surface area contributed by atoms with Gasteiger partial charge in [-0.15, -0.1) is 0 Å². The van der Waals surface area contributed by atoms with Crippen LogP contribution in [0, 0.1) is 5.82 Å². The summed E-state index contributed by atoms with van der Waals surface area (Å²) in [5, 5.41) is 1.16. The summed E-state index contributed by atoms with van der Waals surface area (Å²) in [6.45, 7) is 0. The molecule has 2 rings (SSSR count). The molecule has 0 spiro atoms. The maximum Gasteiger partial charge on any atom is 0.166 e. The number of hydrogen-bond donors (Lipinski definition) is 0. The van der Waals surface area contributed by atoms with Gasteiger partial charge < -0.3 is 4.74 Å². The van der Waals surface area contributed by atoms with Crippen LogP contribution in [-0.4, -0.2) is 0 Å². The molecule has 0 heterocycles. The highest BCUT2D eigenvalue weighted by molar-refractivity contribution is 9.10. The smallest absolute Gasteiger partial charge is 0.166 e. The number of rotatable bonds is 3. The molecule has 0 saturated heterocycles. The minimum Gasteiger partial charge on any atom is -0.453 e. The Morgan fingerprint density at radius 3 is 2.44 bits per heavy atom. The number of hydrogen-bond acceptors (Lipinski definition) is 1. The molecule has 5 heteroatoms. The molecule has 0 aliphatic carbocycles. The number of ether oxygens (including phenoxy) is 1. The van der Waals surface area contributed by atoms with E-state index in [-0.39, 0.29) is 5.75 Å². The lowest BCUT2D eigenvalue weighted by molar-refractivity contribution is 0.442. The Morgan fingerprint density at radius 2 is 1.83 bits per heavy atom. The van der Waals surface area contributed by atoms with Gasteiger partial charge in [0.15, 0.2) is 11.6 Å². The third kappa shape index (κ3) is 3.25. The lowest BCUT2D eigenvalue weighted by Crippen LogP contribution is -1.90. The maximum absolute atomic E-state index is 13.6. The lowest BCUT2D eigenvalue weighted by atomic mass is 10.2. The van der Waals surface area contributed by atoms with Crippen molar-refractivity contribution in [1.82, 2.24) is 0 Å². The molecule has 0 atom stereocenters. The molecular weight excluding hydrogens is 386 g/mol. The van der Waals surface area contributed by atoms with Gasteiger partial charge in [-0.2, -0.15) is 0 Å². The molecule has 18 heavy (non-hydrogen) atoms. The molecule has 0 aliphatic rings. The maximum atomic E-state index is 13.6. The molecule has 0 saturated carbocycles. The summed E-state index contributed by atoms with van der Waals surface area (Å²) in [7, 11) is 0. The van der Waals surface area contributed by atoms with E-state index in [4.69, 9.17) is 16.3 Å². The molecule has 0 bridgehead atoms. The Balaban J connectivity index is 2.28. The van der Waals surface area contributed by atoms with Gasteiger partial charge in [0.05, 0.1) is 5.02 Å². The third-order valence-corrected chi connectivity index (χ3v) is 3.70. The molecule has 1 nitrogen and oxygen atoms in total. The zero-order valence-electron chi connectivity index (χ0n) is 9.09. The fourth-order valence-corrected chi connectivity index (χ4v) is 2.31. The van der Waals surface area contributed by atoms with Crippen LogP contribution in [-0.2, 0) is 5.33 Å². The van der Waals surface area contributed by atoms with E-state index in [1.54, 1.807) is 24.3 Å². The van der Waals surface area contributed by atoms with Crippen LogP contribution >= 0.6 is 43.5 Å². The quantitative estimate of drug-likeness (QED) is 0.587. The van der Waals surface area contributed by atoms with E-state index in [9.17, 15) is 4.39 Å². The van der Waals surface area contributed by atoms with Crippen LogP contribution in [0.4, 0.5) is 4.39 Å². The van der Waals surface area contributed by atoms with Gasteiger partial charge >= 0.3 is 0 Å². The number of alkyl halides is 1. The molecule has 0 aliphatic heterocycles. The number of benzene rings is 2. The average Bonchev–Trinajstić information content (AvgIpc) is 2.34. The second kappa shape index (κ2) is 6.04. The van der Waals surface area contributed by atoms with Crippen molar-refractivity contribution in [2.75, 3.05) is 0 Å². The summed E-state index contributed by atoms with van der Waals surface area (Å²) in [6.07, 6.45) is 0. The van der Waals surface area contributed by atoms with Gasteiger partial charge in [-0.25, -0.2) is 4.39 Å². The van der Waals surface area contributed by atoms with Crippen molar-refractivity contribution >= 4 is 43.5 Å².